The maximum atomic E-state index is 13.7. The average molecular weight is 292 g/mol. The van der Waals surface area contributed by atoms with Crippen LogP contribution in [-0.4, -0.2) is 21.4 Å². The summed E-state index contributed by atoms with van der Waals surface area (Å²) in [6, 6.07) is 3.37. The Morgan fingerprint density at radius 1 is 1.38 bits per heavy atom. The molecule has 7 heteroatoms. The van der Waals surface area contributed by atoms with Crippen LogP contribution in [0.2, 0.25) is 0 Å². The fraction of sp³-hybridized carbons (Fsp3) is 0.286. The molecule has 0 saturated heterocycles. The number of anilines is 1. The molecule has 1 aliphatic rings. The maximum Gasteiger partial charge on any atom is 0.257 e. The highest BCUT2D eigenvalue weighted by Crippen LogP contribution is 2.18. The summed E-state index contributed by atoms with van der Waals surface area (Å²) in [6.07, 6.45) is 0.556. The van der Waals surface area contributed by atoms with Gasteiger partial charge in [0.2, 0.25) is 5.95 Å². The highest BCUT2D eigenvalue weighted by atomic mass is 19.1. The molecule has 0 atom stereocenters. The summed E-state index contributed by atoms with van der Waals surface area (Å²) in [5, 5.41) is 0. The maximum absolute atomic E-state index is 13.7. The molecule has 0 spiro atoms. The number of aromatic amines is 1. The van der Waals surface area contributed by atoms with Crippen molar-refractivity contribution in [2.75, 3.05) is 12.3 Å². The van der Waals surface area contributed by atoms with Gasteiger partial charge in [0.25, 0.3) is 5.56 Å². The Hall–Kier alpha value is -2.28. The molecule has 3 N–H and O–H groups in total. The third-order valence-corrected chi connectivity index (χ3v) is 3.57. The van der Waals surface area contributed by atoms with Gasteiger partial charge in [-0.2, -0.15) is 0 Å². The van der Waals surface area contributed by atoms with Gasteiger partial charge < -0.3 is 5.73 Å². The van der Waals surface area contributed by atoms with Gasteiger partial charge in [-0.05, 0) is 18.2 Å². The summed E-state index contributed by atoms with van der Waals surface area (Å²) < 4.78 is 26.8. The van der Waals surface area contributed by atoms with Crippen LogP contribution in [0.4, 0.5) is 14.7 Å². The third-order valence-electron chi connectivity index (χ3n) is 3.57. The Balaban J connectivity index is 1.83. The highest BCUT2D eigenvalue weighted by molar-refractivity contribution is 5.27. The van der Waals surface area contributed by atoms with Crippen molar-refractivity contribution in [1.82, 2.24) is 14.9 Å². The summed E-state index contributed by atoms with van der Waals surface area (Å²) in [5.74, 6) is -0.828. The molecular formula is C14H14F2N4O. The number of fused-ring (bicyclic) bond motifs is 1. The first kappa shape index (κ1) is 13.7. The van der Waals surface area contributed by atoms with Gasteiger partial charge in [-0.15, -0.1) is 0 Å². The Bertz CT molecular complexity index is 744. The molecule has 21 heavy (non-hydrogen) atoms. The van der Waals surface area contributed by atoms with Crippen LogP contribution >= 0.6 is 0 Å². The Morgan fingerprint density at radius 3 is 3.00 bits per heavy atom. The van der Waals surface area contributed by atoms with E-state index < -0.39 is 11.6 Å². The lowest BCUT2D eigenvalue weighted by molar-refractivity contribution is 0.238. The minimum Gasteiger partial charge on any atom is -0.369 e. The second-order valence-corrected chi connectivity index (χ2v) is 5.07. The molecule has 0 saturated carbocycles. The smallest absolute Gasteiger partial charge is 0.257 e. The Kier molecular flexibility index (Phi) is 3.42. The van der Waals surface area contributed by atoms with E-state index >= 15 is 0 Å². The van der Waals surface area contributed by atoms with Crippen LogP contribution in [0.25, 0.3) is 0 Å². The summed E-state index contributed by atoms with van der Waals surface area (Å²) in [5.41, 5.74) is 6.71. The van der Waals surface area contributed by atoms with E-state index in [0.29, 0.717) is 30.8 Å². The van der Waals surface area contributed by atoms with Gasteiger partial charge in [0.15, 0.2) is 0 Å². The first-order chi connectivity index (χ1) is 10.0. The van der Waals surface area contributed by atoms with Crippen LogP contribution in [0.3, 0.4) is 0 Å². The van der Waals surface area contributed by atoms with E-state index in [1.54, 1.807) is 0 Å². The van der Waals surface area contributed by atoms with E-state index in [2.05, 4.69) is 9.97 Å². The predicted molar refractivity (Wildman–Crippen MR) is 73.4 cm³/mol. The van der Waals surface area contributed by atoms with Crippen molar-refractivity contribution < 1.29 is 8.78 Å². The number of nitrogens with two attached hydrogens (primary N) is 1. The van der Waals surface area contributed by atoms with E-state index in [1.807, 2.05) is 4.90 Å². The van der Waals surface area contributed by atoms with Crippen molar-refractivity contribution in [3.05, 3.63) is 57.0 Å². The molecule has 5 nitrogen and oxygen atoms in total. The number of H-pyrrole nitrogens is 1. The molecule has 0 unspecified atom stereocenters. The molecule has 0 amide bonds. The van der Waals surface area contributed by atoms with E-state index in [0.717, 1.165) is 12.1 Å². The van der Waals surface area contributed by atoms with Crippen LogP contribution in [0, 0.1) is 11.6 Å². The van der Waals surface area contributed by atoms with Gasteiger partial charge in [-0.1, -0.05) is 0 Å². The minimum atomic E-state index is -0.476. The van der Waals surface area contributed by atoms with Crippen molar-refractivity contribution in [3.63, 3.8) is 0 Å². The Labute approximate surface area is 119 Å². The fourth-order valence-corrected chi connectivity index (χ4v) is 2.54. The standard InChI is InChI=1S/C14H14F2N4O/c15-9-1-2-11(16)8(5-9)6-20-4-3-12-10(7-20)13(21)19-14(17)18-12/h1-2,5H,3-4,6-7H2,(H3,17,18,19,21). The monoisotopic (exact) mass is 292 g/mol. The molecule has 2 heterocycles. The molecule has 0 bridgehead atoms. The first-order valence-corrected chi connectivity index (χ1v) is 6.57. The van der Waals surface area contributed by atoms with E-state index in [9.17, 15) is 13.6 Å². The van der Waals surface area contributed by atoms with E-state index in [-0.39, 0.29) is 23.6 Å². The van der Waals surface area contributed by atoms with Crippen molar-refractivity contribution in [3.8, 4) is 0 Å². The zero-order chi connectivity index (χ0) is 15.0. The number of aromatic nitrogens is 2. The molecule has 1 aromatic carbocycles. The molecule has 2 aromatic rings. The van der Waals surface area contributed by atoms with Crippen molar-refractivity contribution >= 4 is 5.95 Å². The molecule has 0 radical (unpaired) electrons. The second kappa shape index (κ2) is 5.25. The molecular weight excluding hydrogens is 278 g/mol. The number of nitrogens with zero attached hydrogens (tertiary/aromatic N) is 2. The Morgan fingerprint density at radius 2 is 2.19 bits per heavy atom. The lowest BCUT2D eigenvalue weighted by atomic mass is 10.1. The normalized spacial score (nSPS) is 15.0. The molecule has 0 fully saturated rings. The predicted octanol–water partition coefficient (Wildman–Crippen LogP) is 1.19. The molecule has 0 aliphatic carbocycles. The van der Waals surface area contributed by atoms with Crippen LogP contribution in [0.1, 0.15) is 16.8 Å². The second-order valence-electron chi connectivity index (χ2n) is 5.07. The van der Waals surface area contributed by atoms with E-state index in [1.165, 1.54) is 6.07 Å². The number of hydrogen-bond donors (Lipinski definition) is 2. The quantitative estimate of drug-likeness (QED) is 0.872. The van der Waals surface area contributed by atoms with Gasteiger partial charge in [-0.3, -0.25) is 14.7 Å². The third kappa shape index (κ3) is 2.78. The summed E-state index contributed by atoms with van der Waals surface area (Å²) in [7, 11) is 0. The van der Waals surface area contributed by atoms with Crippen molar-refractivity contribution in [2.45, 2.75) is 19.5 Å². The summed E-state index contributed by atoms with van der Waals surface area (Å²) in [4.78, 5) is 20.3. The van der Waals surface area contributed by atoms with Gasteiger partial charge in [0.05, 0.1) is 11.3 Å². The number of rotatable bonds is 2. The number of nitrogen functional groups attached to an aromatic ring is 1. The number of hydrogen-bond acceptors (Lipinski definition) is 4. The van der Waals surface area contributed by atoms with Crippen molar-refractivity contribution in [2.24, 2.45) is 0 Å². The lowest BCUT2D eigenvalue weighted by Gasteiger charge is -2.27. The van der Waals surface area contributed by atoms with Crippen LogP contribution in [0.15, 0.2) is 23.0 Å². The highest BCUT2D eigenvalue weighted by Gasteiger charge is 2.21. The lowest BCUT2D eigenvalue weighted by Crippen LogP contribution is -2.35. The van der Waals surface area contributed by atoms with Crippen LogP contribution < -0.4 is 11.3 Å². The number of benzene rings is 1. The van der Waals surface area contributed by atoms with E-state index in [4.69, 9.17) is 5.73 Å². The topological polar surface area (TPSA) is 75.0 Å². The summed E-state index contributed by atoms with van der Waals surface area (Å²) >= 11 is 0. The molecule has 1 aromatic heterocycles. The molecule has 110 valence electrons. The van der Waals surface area contributed by atoms with Crippen molar-refractivity contribution in [1.29, 1.82) is 0 Å². The molecule has 3 rings (SSSR count). The average Bonchev–Trinajstić information content (AvgIpc) is 2.43. The summed E-state index contributed by atoms with van der Waals surface area (Å²) in [6.45, 7) is 1.19. The van der Waals surface area contributed by atoms with Gasteiger partial charge >= 0.3 is 0 Å². The zero-order valence-corrected chi connectivity index (χ0v) is 11.2. The van der Waals surface area contributed by atoms with Crippen LogP contribution in [0.5, 0.6) is 0 Å². The number of halogens is 2. The SMILES string of the molecule is Nc1nc2c(c(=O)[nH]1)CN(Cc1cc(F)ccc1F)CC2. The van der Waals surface area contributed by atoms with Crippen LogP contribution in [-0.2, 0) is 19.5 Å². The zero-order valence-electron chi connectivity index (χ0n) is 11.2. The first-order valence-electron chi connectivity index (χ1n) is 6.57. The fourth-order valence-electron chi connectivity index (χ4n) is 2.54. The van der Waals surface area contributed by atoms with Gasteiger partial charge in [0.1, 0.15) is 11.6 Å². The minimum absolute atomic E-state index is 0.100. The molecule has 1 aliphatic heterocycles. The van der Waals surface area contributed by atoms with Gasteiger partial charge in [0, 0.05) is 31.6 Å². The van der Waals surface area contributed by atoms with Gasteiger partial charge in [-0.25, -0.2) is 13.8 Å². The largest absolute Gasteiger partial charge is 0.369 e. The number of nitrogens with one attached hydrogen (secondary N) is 1.